The summed E-state index contributed by atoms with van der Waals surface area (Å²) in [6, 6.07) is 5.85. The van der Waals surface area contributed by atoms with Crippen molar-refractivity contribution >= 4 is 29.3 Å². The Morgan fingerprint density at radius 1 is 1.40 bits per heavy atom. The Labute approximate surface area is 120 Å². The molecule has 0 aliphatic carbocycles. The molecule has 1 aromatic carbocycles. The van der Waals surface area contributed by atoms with Gasteiger partial charge in [0.05, 0.1) is 17.9 Å². The zero-order valence-corrected chi connectivity index (χ0v) is 11.7. The van der Waals surface area contributed by atoms with Gasteiger partial charge in [0.15, 0.2) is 0 Å². The normalized spacial score (nSPS) is 15.7. The Morgan fingerprint density at radius 3 is 2.65 bits per heavy atom. The summed E-state index contributed by atoms with van der Waals surface area (Å²) in [4.78, 5) is 25.1. The fourth-order valence-corrected chi connectivity index (χ4v) is 2.90. The summed E-state index contributed by atoms with van der Waals surface area (Å²) >= 11 is 1.42. The molecule has 106 valence electrons. The second-order valence-corrected chi connectivity index (χ2v) is 5.58. The molecule has 0 bridgehead atoms. The van der Waals surface area contributed by atoms with Crippen LogP contribution >= 0.6 is 11.8 Å². The van der Waals surface area contributed by atoms with Gasteiger partial charge in [0.1, 0.15) is 5.82 Å². The zero-order valence-electron chi connectivity index (χ0n) is 10.9. The van der Waals surface area contributed by atoms with Gasteiger partial charge in [-0.25, -0.2) is 4.39 Å². The molecule has 1 N–H and O–H groups in total. The minimum atomic E-state index is -0.952. The number of benzene rings is 1. The lowest BCUT2D eigenvalue weighted by Crippen LogP contribution is -2.35. The van der Waals surface area contributed by atoms with Crippen LogP contribution in [0, 0.1) is 5.82 Å². The van der Waals surface area contributed by atoms with Crippen molar-refractivity contribution in [3.05, 3.63) is 40.6 Å². The molecule has 0 spiro atoms. The number of carboxylic acid groups (broad SMARTS) is 1. The third-order valence-corrected chi connectivity index (χ3v) is 4.00. The Balaban J connectivity index is 2.35. The predicted octanol–water partition coefficient (Wildman–Crippen LogP) is 2.56. The number of carbonyl (C=O) groups is 2. The van der Waals surface area contributed by atoms with E-state index in [1.54, 1.807) is 12.1 Å². The number of aliphatic carboxylic acids is 1. The predicted molar refractivity (Wildman–Crippen MR) is 75.4 cm³/mol. The van der Waals surface area contributed by atoms with Crippen molar-refractivity contribution < 1.29 is 19.1 Å². The van der Waals surface area contributed by atoms with E-state index in [9.17, 15) is 14.0 Å². The van der Waals surface area contributed by atoms with Crippen molar-refractivity contribution in [1.82, 2.24) is 4.90 Å². The first-order valence-corrected chi connectivity index (χ1v) is 7.09. The molecule has 20 heavy (non-hydrogen) atoms. The monoisotopic (exact) mass is 295 g/mol. The number of amides is 1. The fraction of sp³-hybridized carbons (Fsp3) is 0.286. The lowest BCUT2D eigenvalue weighted by Gasteiger charge is -2.30. The molecule has 0 saturated heterocycles. The van der Waals surface area contributed by atoms with Crippen molar-refractivity contribution in [3.63, 3.8) is 0 Å². The summed E-state index contributed by atoms with van der Waals surface area (Å²) in [6.07, 6.45) is -0.117. The van der Waals surface area contributed by atoms with Crippen LogP contribution in [0.25, 0.3) is 5.70 Å². The SMILES string of the molecule is CC1=C(c2ccc(F)cc2)N(CCC(=O)O)C(=O)CS1. The zero-order chi connectivity index (χ0) is 14.7. The van der Waals surface area contributed by atoms with Crippen LogP contribution in [-0.2, 0) is 9.59 Å². The smallest absolute Gasteiger partial charge is 0.305 e. The number of hydrogen-bond acceptors (Lipinski definition) is 3. The Hall–Kier alpha value is -1.82. The van der Waals surface area contributed by atoms with Crippen LogP contribution in [-0.4, -0.2) is 34.2 Å². The van der Waals surface area contributed by atoms with Crippen LogP contribution in [0.2, 0.25) is 0 Å². The van der Waals surface area contributed by atoms with Crippen molar-refractivity contribution in [2.24, 2.45) is 0 Å². The van der Waals surface area contributed by atoms with Crippen molar-refractivity contribution in [1.29, 1.82) is 0 Å². The highest BCUT2D eigenvalue weighted by Gasteiger charge is 2.26. The van der Waals surface area contributed by atoms with E-state index in [-0.39, 0.29) is 24.7 Å². The van der Waals surface area contributed by atoms with Crippen LogP contribution in [0.3, 0.4) is 0 Å². The van der Waals surface area contributed by atoms with E-state index in [0.717, 1.165) is 10.5 Å². The molecule has 4 nitrogen and oxygen atoms in total. The van der Waals surface area contributed by atoms with Crippen LogP contribution in [0.4, 0.5) is 4.39 Å². The summed E-state index contributed by atoms with van der Waals surface area (Å²) in [5, 5.41) is 8.78. The number of nitrogens with zero attached hydrogens (tertiary/aromatic N) is 1. The maximum Gasteiger partial charge on any atom is 0.305 e. The number of halogens is 1. The Kier molecular flexibility index (Phi) is 4.44. The second-order valence-electron chi connectivity index (χ2n) is 4.39. The van der Waals surface area contributed by atoms with E-state index in [0.29, 0.717) is 11.4 Å². The average Bonchev–Trinajstić information content (AvgIpc) is 2.41. The van der Waals surface area contributed by atoms with Gasteiger partial charge in [-0.3, -0.25) is 9.59 Å². The van der Waals surface area contributed by atoms with Crippen molar-refractivity contribution in [3.8, 4) is 0 Å². The van der Waals surface area contributed by atoms with E-state index in [2.05, 4.69) is 0 Å². The average molecular weight is 295 g/mol. The van der Waals surface area contributed by atoms with E-state index < -0.39 is 5.97 Å². The Bertz CT molecular complexity index is 568. The largest absolute Gasteiger partial charge is 0.481 e. The number of allylic oxidation sites excluding steroid dienone is 1. The lowest BCUT2D eigenvalue weighted by atomic mass is 10.1. The Morgan fingerprint density at radius 2 is 2.05 bits per heavy atom. The van der Waals surface area contributed by atoms with E-state index in [1.807, 2.05) is 6.92 Å². The lowest BCUT2D eigenvalue weighted by molar-refractivity contribution is -0.137. The molecule has 2 rings (SSSR count). The van der Waals surface area contributed by atoms with Crippen molar-refractivity contribution in [2.45, 2.75) is 13.3 Å². The second kappa shape index (κ2) is 6.09. The molecular formula is C14H14FNO3S. The molecule has 0 atom stereocenters. The third kappa shape index (κ3) is 3.19. The third-order valence-electron chi connectivity index (χ3n) is 2.98. The highest BCUT2D eigenvalue weighted by atomic mass is 32.2. The molecule has 0 saturated carbocycles. The molecule has 0 aromatic heterocycles. The highest BCUT2D eigenvalue weighted by Crippen LogP contribution is 2.34. The van der Waals surface area contributed by atoms with Gasteiger partial charge in [0.2, 0.25) is 5.91 Å². The van der Waals surface area contributed by atoms with E-state index in [4.69, 9.17) is 5.11 Å². The first-order chi connectivity index (χ1) is 9.49. The number of rotatable bonds is 4. The van der Waals surface area contributed by atoms with Crippen LogP contribution < -0.4 is 0 Å². The maximum absolute atomic E-state index is 13.0. The summed E-state index contributed by atoms with van der Waals surface area (Å²) in [5.74, 6) is -1.12. The quantitative estimate of drug-likeness (QED) is 0.927. The van der Waals surface area contributed by atoms with Crippen molar-refractivity contribution in [2.75, 3.05) is 12.3 Å². The van der Waals surface area contributed by atoms with Gasteiger partial charge < -0.3 is 10.0 Å². The molecule has 1 heterocycles. The number of carboxylic acids is 1. The highest BCUT2D eigenvalue weighted by molar-refractivity contribution is 8.03. The molecule has 1 aromatic rings. The van der Waals surface area contributed by atoms with Gasteiger partial charge in [0, 0.05) is 11.4 Å². The van der Waals surface area contributed by atoms with Crippen LogP contribution in [0.5, 0.6) is 0 Å². The molecule has 0 unspecified atom stereocenters. The van der Waals surface area contributed by atoms with Gasteiger partial charge in [-0.05, 0) is 36.8 Å². The summed E-state index contributed by atoms with van der Waals surface area (Å²) in [5.41, 5.74) is 1.39. The number of hydrogen-bond donors (Lipinski definition) is 1. The van der Waals surface area contributed by atoms with Crippen LogP contribution in [0.15, 0.2) is 29.2 Å². The van der Waals surface area contributed by atoms with Gasteiger partial charge in [-0.2, -0.15) is 0 Å². The minimum absolute atomic E-state index is 0.117. The maximum atomic E-state index is 13.0. The molecule has 0 radical (unpaired) electrons. The first kappa shape index (κ1) is 14.6. The van der Waals surface area contributed by atoms with Gasteiger partial charge >= 0.3 is 5.97 Å². The molecule has 1 aliphatic heterocycles. The number of carbonyl (C=O) groups excluding carboxylic acids is 1. The minimum Gasteiger partial charge on any atom is -0.481 e. The molecule has 6 heteroatoms. The van der Waals surface area contributed by atoms with Gasteiger partial charge in [-0.15, -0.1) is 11.8 Å². The summed E-state index contributed by atoms with van der Waals surface area (Å²) < 4.78 is 13.0. The molecule has 1 aliphatic rings. The molecule has 1 amide bonds. The van der Waals surface area contributed by atoms with Gasteiger partial charge in [-0.1, -0.05) is 0 Å². The van der Waals surface area contributed by atoms with E-state index >= 15 is 0 Å². The van der Waals surface area contributed by atoms with E-state index in [1.165, 1.54) is 28.8 Å². The van der Waals surface area contributed by atoms with Crippen LogP contribution in [0.1, 0.15) is 18.9 Å². The molecule has 0 fully saturated rings. The number of thioether (sulfide) groups is 1. The topological polar surface area (TPSA) is 57.6 Å². The summed E-state index contributed by atoms with van der Waals surface area (Å²) in [7, 11) is 0. The first-order valence-electron chi connectivity index (χ1n) is 6.11. The standard InChI is InChI=1S/C14H14FNO3S/c1-9-14(10-2-4-11(15)5-3-10)16(7-6-13(18)19)12(17)8-20-9/h2-5H,6-8H2,1H3,(H,18,19). The fourth-order valence-electron chi connectivity index (χ4n) is 2.04. The molecular weight excluding hydrogens is 281 g/mol. The van der Waals surface area contributed by atoms with Gasteiger partial charge in [0.25, 0.3) is 0 Å². The summed E-state index contributed by atoms with van der Waals surface area (Å²) in [6.45, 7) is 2.00.